The van der Waals surface area contributed by atoms with Crippen molar-refractivity contribution in [1.29, 1.82) is 0 Å². The van der Waals surface area contributed by atoms with Crippen molar-refractivity contribution in [3.8, 4) is 11.5 Å². The van der Waals surface area contributed by atoms with E-state index in [1.54, 1.807) is 24.3 Å². The van der Waals surface area contributed by atoms with Crippen LogP contribution >= 0.6 is 0 Å². The Morgan fingerprint density at radius 2 is 2.00 bits per heavy atom. The Morgan fingerprint density at radius 3 is 2.65 bits per heavy atom. The Kier molecular flexibility index (Phi) is 4.24. The van der Waals surface area contributed by atoms with Crippen molar-refractivity contribution < 1.29 is 28.5 Å². The molecule has 0 amide bonds. The van der Waals surface area contributed by atoms with Crippen molar-refractivity contribution in [2.24, 2.45) is 0 Å². The summed E-state index contributed by atoms with van der Waals surface area (Å²) < 4.78 is 20.0. The third kappa shape index (κ3) is 3.09. The molecule has 0 N–H and O–H groups in total. The highest BCUT2D eigenvalue weighted by Gasteiger charge is 2.20. The number of benzene rings is 1. The summed E-state index contributed by atoms with van der Waals surface area (Å²) in [7, 11) is 1.30. The minimum absolute atomic E-state index is 0.122. The monoisotopic (exact) mass is 278 g/mol. The molecule has 0 radical (unpaired) electrons. The first kappa shape index (κ1) is 13.9. The van der Waals surface area contributed by atoms with Crippen LogP contribution in [-0.4, -0.2) is 32.4 Å². The van der Waals surface area contributed by atoms with Gasteiger partial charge < -0.3 is 18.9 Å². The molecule has 6 nitrogen and oxygen atoms in total. The van der Waals surface area contributed by atoms with Crippen molar-refractivity contribution in [2.45, 2.75) is 6.92 Å². The zero-order chi connectivity index (χ0) is 14.5. The molecule has 106 valence electrons. The topological polar surface area (TPSA) is 71.1 Å². The largest absolute Gasteiger partial charge is 0.465 e. The maximum absolute atomic E-state index is 11.7. The van der Waals surface area contributed by atoms with E-state index in [2.05, 4.69) is 0 Å². The van der Waals surface area contributed by atoms with E-state index in [1.807, 2.05) is 0 Å². The fourth-order valence-electron chi connectivity index (χ4n) is 1.72. The van der Waals surface area contributed by atoms with Crippen molar-refractivity contribution in [3.63, 3.8) is 0 Å². The van der Waals surface area contributed by atoms with Gasteiger partial charge in [0.25, 0.3) is 0 Å². The van der Waals surface area contributed by atoms with Crippen LogP contribution in [-0.2, 0) is 14.3 Å². The molecule has 1 aliphatic heterocycles. The third-order valence-electron chi connectivity index (χ3n) is 2.63. The Hall–Kier alpha value is -2.50. The fraction of sp³-hybridized carbons (Fsp3) is 0.286. The summed E-state index contributed by atoms with van der Waals surface area (Å²) >= 11 is 0. The van der Waals surface area contributed by atoms with Gasteiger partial charge in [-0.05, 0) is 23.8 Å². The predicted octanol–water partition coefficient (Wildman–Crippen LogP) is 1.78. The maximum Gasteiger partial charge on any atom is 0.338 e. The zero-order valence-electron chi connectivity index (χ0n) is 11.2. The van der Waals surface area contributed by atoms with E-state index >= 15 is 0 Å². The van der Waals surface area contributed by atoms with Gasteiger partial charge >= 0.3 is 11.9 Å². The van der Waals surface area contributed by atoms with Gasteiger partial charge in [0.05, 0.1) is 12.7 Å². The van der Waals surface area contributed by atoms with E-state index in [0.717, 1.165) is 0 Å². The van der Waals surface area contributed by atoms with Crippen molar-refractivity contribution in [2.75, 3.05) is 20.5 Å². The molecule has 0 saturated carbocycles. The van der Waals surface area contributed by atoms with Crippen LogP contribution in [0.4, 0.5) is 0 Å². The van der Waals surface area contributed by atoms with E-state index in [4.69, 9.17) is 18.9 Å². The first-order valence-corrected chi connectivity index (χ1v) is 5.93. The molecule has 1 aromatic carbocycles. The average Bonchev–Trinajstić information content (AvgIpc) is 2.88. The summed E-state index contributed by atoms with van der Waals surface area (Å²) in [5.41, 5.74) is 0.962. The smallest absolute Gasteiger partial charge is 0.338 e. The second-order valence-corrected chi connectivity index (χ2v) is 3.99. The molecule has 0 saturated heterocycles. The van der Waals surface area contributed by atoms with Gasteiger partial charge in [0, 0.05) is 6.92 Å². The number of esters is 2. The standard InChI is InChI=1S/C14H14O6/c1-9(15)18-5-3-4-10-6-12-13(20-8-19-12)7-11(10)14(16)17-2/h3-4,6-7H,5,8H2,1-2H3/b4-3+. The van der Waals surface area contributed by atoms with E-state index in [-0.39, 0.29) is 19.4 Å². The summed E-state index contributed by atoms with van der Waals surface area (Å²) in [6.07, 6.45) is 3.29. The molecule has 20 heavy (non-hydrogen) atoms. The number of rotatable bonds is 4. The molecular weight excluding hydrogens is 264 g/mol. The second-order valence-electron chi connectivity index (χ2n) is 3.99. The van der Waals surface area contributed by atoms with Crippen molar-refractivity contribution in [3.05, 3.63) is 29.3 Å². The zero-order valence-corrected chi connectivity index (χ0v) is 11.2. The number of fused-ring (bicyclic) bond motifs is 1. The highest BCUT2D eigenvalue weighted by atomic mass is 16.7. The molecule has 2 rings (SSSR count). The van der Waals surface area contributed by atoms with Gasteiger partial charge in [0.2, 0.25) is 6.79 Å². The Labute approximate surface area is 115 Å². The van der Waals surface area contributed by atoms with Crippen LogP contribution in [0.15, 0.2) is 18.2 Å². The normalized spacial score (nSPS) is 12.5. The molecule has 1 aromatic rings. The van der Waals surface area contributed by atoms with Crippen LogP contribution in [0.3, 0.4) is 0 Å². The third-order valence-corrected chi connectivity index (χ3v) is 2.63. The number of ether oxygens (including phenoxy) is 4. The molecule has 6 heteroatoms. The number of methoxy groups -OCH3 is 1. The minimum atomic E-state index is -0.476. The predicted molar refractivity (Wildman–Crippen MR) is 69.6 cm³/mol. The van der Waals surface area contributed by atoms with Crippen LogP contribution in [0, 0.1) is 0 Å². The minimum Gasteiger partial charge on any atom is -0.465 e. The number of carbonyl (C=O) groups excluding carboxylic acids is 2. The van der Waals surface area contributed by atoms with Gasteiger partial charge in [-0.15, -0.1) is 0 Å². The highest BCUT2D eigenvalue weighted by molar-refractivity contribution is 5.94. The lowest BCUT2D eigenvalue weighted by Gasteiger charge is -2.06. The van der Waals surface area contributed by atoms with Gasteiger partial charge in [-0.3, -0.25) is 4.79 Å². The summed E-state index contributed by atoms with van der Waals surface area (Å²) in [6.45, 7) is 1.58. The van der Waals surface area contributed by atoms with Crippen LogP contribution in [0.5, 0.6) is 11.5 Å². The SMILES string of the molecule is COC(=O)c1cc2c(cc1/C=C/COC(C)=O)OCO2. The molecule has 0 fully saturated rings. The van der Waals surface area contributed by atoms with E-state index in [1.165, 1.54) is 14.0 Å². The number of hydrogen-bond donors (Lipinski definition) is 0. The van der Waals surface area contributed by atoms with Gasteiger partial charge in [-0.2, -0.15) is 0 Å². The Morgan fingerprint density at radius 1 is 1.30 bits per heavy atom. The molecule has 0 aliphatic carbocycles. The maximum atomic E-state index is 11.7. The molecule has 1 aliphatic rings. The van der Waals surface area contributed by atoms with Gasteiger partial charge in [-0.1, -0.05) is 6.08 Å². The molecule has 0 bridgehead atoms. The second kappa shape index (κ2) is 6.10. The van der Waals surface area contributed by atoms with Gasteiger partial charge in [0.15, 0.2) is 11.5 Å². The van der Waals surface area contributed by atoms with E-state index < -0.39 is 5.97 Å². The summed E-state index contributed by atoms with van der Waals surface area (Å²) in [5, 5.41) is 0. The Balaban J connectivity index is 2.25. The molecular formula is C14H14O6. The molecule has 1 heterocycles. The van der Waals surface area contributed by atoms with Crippen LogP contribution in [0.25, 0.3) is 6.08 Å². The van der Waals surface area contributed by atoms with Crippen LogP contribution < -0.4 is 9.47 Å². The summed E-state index contributed by atoms with van der Waals surface area (Å²) in [4.78, 5) is 22.4. The lowest BCUT2D eigenvalue weighted by Crippen LogP contribution is -2.04. The quantitative estimate of drug-likeness (QED) is 0.782. The highest BCUT2D eigenvalue weighted by Crippen LogP contribution is 2.35. The summed E-state index contributed by atoms with van der Waals surface area (Å²) in [5.74, 6) is 0.219. The van der Waals surface area contributed by atoms with E-state index in [9.17, 15) is 9.59 Å². The average molecular weight is 278 g/mol. The van der Waals surface area contributed by atoms with Crippen molar-refractivity contribution in [1.82, 2.24) is 0 Å². The Bertz CT molecular complexity index is 561. The fourth-order valence-corrected chi connectivity index (χ4v) is 1.72. The van der Waals surface area contributed by atoms with Gasteiger partial charge in [0.1, 0.15) is 6.61 Å². The van der Waals surface area contributed by atoms with Crippen LogP contribution in [0.2, 0.25) is 0 Å². The van der Waals surface area contributed by atoms with Gasteiger partial charge in [-0.25, -0.2) is 4.79 Å². The molecule has 0 unspecified atom stereocenters. The lowest BCUT2D eigenvalue weighted by atomic mass is 10.1. The van der Waals surface area contributed by atoms with E-state index in [0.29, 0.717) is 22.6 Å². The molecule has 0 atom stereocenters. The first-order chi connectivity index (χ1) is 9.61. The molecule has 0 aromatic heterocycles. The van der Waals surface area contributed by atoms with Crippen molar-refractivity contribution >= 4 is 18.0 Å². The lowest BCUT2D eigenvalue weighted by molar-refractivity contribution is -0.139. The van der Waals surface area contributed by atoms with Crippen LogP contribution in [0.1, 0.15) is 22.8 Å². The number of carbonyl (C=O) groups is 2. The number of hydrogen-bond acceptors (Lipinski definition) is 6. The first-order valence-electron chi connectivity index (χ1n) is 5.93. The molecule has 0 spiro atoms. The summed E-state index contributed by atoms with van der Waals surface area (Å²) in [6, 6.07) is 3.25.